The maximum atomic E-state index is 4.90. The molecule has 0 atom stereocenters. The normalized spacial score (nSPS) is 11.3. The molecule has 0 unspecified atom stereocenters. The van der Waals surface area contributed by atoms with Crippen molar-refractivity contribution in [2.45, 2.75) is 13.8 Å². The van der Waals surface area contributed by atoms with E-state index in [2.05, 4.69) is 48.7 Å². The van der Waals surface area contributed by atoms with Gasteiger partial charge in [-0.05, 0) is 49.2 Å². The number of aromatic nitrogens is 4. The van der Waals surface area contributed by atoms with Gasteiger partial charge in [-0.25, -0.2) is 15.0 Å². The Hall–Kier alpha value is -3.53. The highest BCUT2D eigenvalue weighted by Gasteiger charge is 2.17. The molecule has 0 radical (unpaired) electrons. The number of para-hydroxylation sites is 2. The minimum Gasteiger partial charge on any atom is -0.275 e. The minimum atomic E-state index is 0.659. The Morgan fingerprint density at radius 3 is 2.00 bits per heavy atom. The SMILES string of the molecule is Cc1cc(C)cc(-n2c(-c3ccccc3)nc3nc4ccccc4nc32)c1. The summed E-state index contributed by atoms with van der Waals surface area (Å²) in [6, 6.07) is 24.6. The van der Waals surface area contributed by atoms with Crippen molar-refractivity contribution in [1.29, 1.82) is 0 Å². The summed E-state index contributed by atoms with van der Waals surface area (Å²) < 4.78 is 2.12. The average molecular weight is 350 g/mol. The summed E-state index contributed by atoms with van der Waals surface area (Å²) in [6.07, 6.45) is 0. The highest BCUT2D eigenvalue weighted by atomic mass is 15.2. The van der Waals surface area contributed by atoms with Gasteiger partial charge in [-0.3, -0.25) is 4.57 Å². The van der Waals surface area contributed by atoms with E-state index in [0.717, 1.165) is 33.8 Å². The molecular formula is C23H18N4. The summed E-state index contributed by atoms with van der Waals surface area (Å²) in [5.74, 6) is 0.853. The summed E-state index contributed by atoms with van der Waals surface area (Å²) in [7, 11) is 0. The smallest absolute Gasteiger partial charge is 0.199 e. The predicted octanol–water partition coefficient (Wildman–Crippen LogP) is 5.25. The zero-order chi connectivity index (χ0) is 18.4. The Morgan fingerprint density at radius 2 is 1.30 bits per heavy atom. The van der Waals surface area contributed by atoms with Crippen LogP contribution in [0.15, 0.2) is 72.8 Å². The second-order valence-electron chi connectivity index (χ2n) is 6.84. The zero-order valence-corrected chi connectivity index (χ0v) is 15.2. The van der Waals surface area contributed by atoms with Gasteiger partial charge in [0.05, 0.1) is 11.0 Å². The quantitative estimate of drug-likeness (QED) is 0.436. The van der Waals surface area contributed by atoms with Crippen LogP contribution in [0.5, 0.6) is 0 Å². The third-order valence-electron chi connectivity index (χ3n) is 4.67. The third-order valence-corrected chi connectivity index (χ3v) is 4.67. The number of fused-ring (bicyclic) bond motifs is 2. The van der Waals surface area contributed by atoms with Crippen molar-refractivity contribution in [3.05, 3.63) is 83.9 Å². The van der Waals surface area contributed by atoms with Crippen LogP contribution in [0.3, 0.4) is 0 Å². The van der Waals surface area contributed by atoms with Crippen LogP contribution < -0.4 is 0 Å². The van der Waals surface area contributed by atoms with Crippen molar-refractivity contribution in [3.63, 3.8) is 0 Å². The highest BCUT2D eigenvalue weighted by Crippen LogP contribution is 2.29. The number of nitrogens with zero attached hydrogens (tertiary/aromatic N) is 4. The Morgan fingerprint density at radius 1 is 0.667 bits per heavy atom. The van der Waals surface area contributed by atoms with Crippen LogP contribution in [0.4, 0.5) is 0 Å². The molecule has 0 aliphatic heterocycles. The highest BCUT2D eigenvalue weighted by molar-refractivity contribution is 5.86. The fraction of sp³-hybridized carbons (Fsp3) is 0.0870. The molecule has 0 aliphatic carbocycles. The van der Waals surface area contributed by atoms with Gasteiger partial charge < -0.3 is 0 Å². The Bertz CT molecular complexity index is 1270. The van der Waals surface area contributed by atoms with E-state index in [1.807, 2.05) is 42.5 Å². The van der Waals surface area contributed by atoms with E-state index in [1.54, 1.807) is 0 Å². The lowest BCUT2D eigenvalue weighted by Crippen LogP contribution is -2.00. The molecule has 0 saturated carbocycles. The molecule has 0 fully saturated rings. The average Bonchev–Trinajstić information content (AvgIpc) is 3.04. The van der Waals surface area contributed by atoms with Gasteiger partial charge in [0.2, 0.25) is 0 Å². The summed E-state index contributed by atoms with van der Waals surface area (Å²) in [5.41, 5.74) is 7.67. The van der Waals surface area contributed by atoms with Crippen LogP contribution in [0, 0.1) is 13.8 Å². The Kier molecular flexibility index (Phi) is 3.50. The van der Waals surface area contributed by atoms with Gasteiger partial charge in [-0.1, -0.05) is 48.5 Å². The van der Waals surface area contributed by atoms with Crippen LogP contribution in [-0.2, 0) is 0 Å². The maximum Gasteiger partial charge on any atom is 0.199 e. The van der Waals surface area contributed by atoms with E-state index in [4.69, 9.17) is 15.0 Å². The monoisotopic (exact) mass is 350 g/mol. The van der Waals surface area contributed by atoms with Gasteiger partial charge in [-0.15, -0.1) is 0 Å². The van der Waals surface area contributed by atoms with E-state index in [0.29, 0.717) is 5.65 Å². The first-order valence-corrected chi connectivity index (χ1v) is 8.98. The lowest BCUT2D eigenvalue weighted by atomic mass is 10.1. The predicted molar refractivity (Wildman–Crippen MR) is 109 cm³/mol. The first kappa shape index (κ1) is 15.7. The molecule has 0 bridgehead atoms. The molecule has 5 rings (SSSR count). The fourth-order valence-electron chi connectivity index (χ4n) is 3.56. The number of imidazole rings is 1. The van der Waals surface area contributed by atoms with Gasteiger partial charge in [-0.2, -0.15) is 0 Å². The van der Waals surface area contributed by atoms with Crippen LogP contribution in [0.2, 0.25) is 0 Å². The largest absolute Gasteiger partial charge is 0.275 e. The van der Waals surface area contributed by atoms with Gasteiger partial charge in [0.1, 0.15) is 5.82 Å². The maximum absolute atomic E-state index is 4.90. The number of hydrogen-bond donors (Lipinski definition) is 0. The molecule has 4 heteroatoms. The van der Waals surface area contributed by atoms with Gasteiger partial charge >= 0.3 is 0 Å². The first-order valence-electron chi connectivity index (χ1n) is 8.98. The number of aryl methyl sites for hydroxylation is 2. The van der Waals surface area contributed by atoms with Crippen molar-refractivity contribution >= 4 is 22.3 Å². The van der Waals surface area contributed by atoms with Gasteiger partial charge in [0, 0.05) is 11.3 Å². The van der Waals surface area contributed by atoms with Crippen LogP contribution in [-0.4, -0.2) is 19.5 Å². The number of hydrogen-bond acceptors (Lipinski definition) is 3. The van der Waals surface area contributed by atoms with Crippen molar-refractivity contribution in [3.8, 4) is 17.1 Å². The van der Waals surface area contributed by atoms with E-state index < -0.39 is 0 Å². The zero-order valence-electron chi connectivity index (χ0n) is 15.2. The standard InChI is InChI=1S/C23H18N4/c1-15-12-16(2)14-18(13-15)27-22(17-8-4-3-5-9-17)26-21-23(27)25-20-11-7-6-10-19(20)24-21/h3-14H,1-2H3. The molecule has 0 spiro atoms. The van der Waals surface area contributed by atoms with Crippen LogP contribution >= 0.6 is 0 Å². The van der Waals surface area contributed by atoms with Crippen LogP contribution in [0.25, 0.3) is 39.4 Å². The van der Waals surface area contributed by atoms with Crippen molar-refractivity contribution in [2.75, 3.05) is 0 Å². The molecule has 0 saturated heterocycles. The lowest BCUT2D eigenvalue weighted by molar-refractivity contribution is 1.07. The van der Waals surface area contributed by atoms with E-state index in [9.17, 15) is 0 Å². The molecular weight excluding hydrogens is 332 g/mol. The molecule has 2 heterocycles. The molecule has 5 aromatic rings. The Balaban J connectivity index is 1.91. The molecule has 2 aromatic heterocycles. The number of benzene rings is 3. The topological polar surface area (TPSA) is 43.6 Å². The van der Waals surface area contributed by atoms with E-state index in [-0.39, 0.29) is 0 Å². The second kappa shape index (κ2) is 6.02. The van der Waals surface area contributed by atoms with E-state index in [1.165, 1.54) is 11.1 Å². The third kappa shape index (κ3) is 2.66. The number of rotatable bonds is 2. The van der Waals surface area contributed by atoms with Crippen molar-refractivity contribution in [1.82, 2.24) is 19.5 Å². The van der Waals surface area contributed by atoms with Crippen LogP contribution in [0.1, 0.15) is 11.1 Å². The summed E-state index contributed by atoms with van der Waals surface area (Å²) in [6.45, 7) is 4.22. The lowest BCUT2D eigenvalue weighted by Gasteiger charge is -2.11. The molecule has 130 valence electrons. The summed E-state index contributed by atoms with van der Waals surface area (Å²) in [4.78, 5) is 14.5. The minimum absolute atomic E-state index is 0.659. The summed E-state index contributed by atoms with van der Waals surface area (Å²) >= 11 is 0. The molecule has 0 N–H and O–H groups in total. The summed E-state index contributed by atoms with van der Waals surface area (Å²) in [5, 5.41) is 0. The molecule has 0 aliphatic rings. The van der Waals surface area contributed by atoms with Gasteiger partial charge in [0.15, 0.2) is 11.3 Å². The second-order valence-corrected chi connectivity index (χ2v) is 6.84. The Labute approximate surface area is 157 Å². The van der Waals surface area contributed by atoms with Crippen molar-refractivity contribution < 1.29 is 0 Å². The molecule has 27 heavy (non-hydrogen) atoms. The van der Waals surface area contributed by atoms with Crippen molar-refractivity contribution in [2.24, 2.45) is 0 Å². The molecule has 0 amide bonds. The van der Waals surface area contributed by atoms with E-state index >= 15 is 0 Å². The van der Waals surface area contributed by atoms with Gasteiger partial charge in [0.25, 0.3) is 0 Å². The fourth-order valence-corrected chi connectivity index (χ4v) is 3.56. The first-order chi connectivity index (χ1) is 13.2. The molecule has 4 nitrogen and oxygen atoms in total. The molecule has 3 aromatic carbocycles.